The molecule has 7 heteroatoms. The number of hydrogen-bond acceptors (Lipinski definition) is 4. The van der Waals surface area contributed by atoms with E-state index in [2.05, 4.69) is 30.1 Å². The Balaban J connectivity index is 1.29. The Morgan fingerprint density at radius 2 is 1.82 bits per heavy atom. The van der Waals surface area contributed by atoms with Crippen LogP contribution in [0.15, 0.2) is 78.0 Å². The molecule has 0 radical (unpaired) electrons. The van der Waals surface area contributed by atoms with Gasteiger partial charge in [-0.3, -0.25) is 9.59 Å². The lowest BCUT2D eigenvalue weighted by atomic mass is 10.0. The third kappa shape index (κ3) is 4.12. The normalized spacial score (nSPS) is 13.1. The molecule has 0 aliphatic carbocycles. The molecule has 0 N–H and O–H groups in total. The minimum absolute atomic E-state index is 0.160. The Hall–Kier alpha value is -4.13. The number of fused-ring (bicyclic) bond motifs is 1. The molecule has 1 amide bonds. The van der Waals surface area contributed by atoms with Crippen LogP contribution < -0.4 is 10.3 Å². The molecule has 172 valence electrons. The van der Waals surface area contributed by atoms with E-state index in [4.69, 9.17) is 4.74 Å². The van der Waals surface area contributed by atoms with Gasteiger partial charge in [0, 0.05) is 24.8 Å². The molecule has 0 spiro atoms. The zero-order chi connectivity index (χ0) is 23.7. The third-order valence-corrected chi connectivity index (χ3v) is 6.08. The highest BCUT2D eigenvalue weighted by atomic mass is 16.5. The van der Waals surface area contributed by atoms with E-state index < -0.39 is 0 Å². The summed E-state index contributed by atoms with van der Waals surface area (Å²) < 4.78 is 9.35. The van der Waals surface area contributed by atoms with Gasteiger partial charge in [-0.1, -0.05) is 48.0 Å². The van der Waals surface area contributed by atoms with Crippen LogP contribution in [0.4, 0.5) is 0 Å². The van der Waals surface area contributed by atoms with Crippen molar-refractivity contribution in [3.63, 3.8) is 0 Å². The van der Waals surface area contributed by atoms with Gasteiger partial charge in [-0.2, -0.15) is 0 Å². The Morgan fingerprint density at radius 3 is 2.62 bits per heavy atom. The third-order valence-electron chi connectivity index (χ3n) is 6.08. The lowest BCUT2D eigenvalue weighted by Gasteiger charge is -2.29. The van der Waals surface area contributed by atoms with Gasteiger partial charge in [0.1, 0.15) is 23.7 Å². The molecule has 0 bridgehead atoms. The molecule has 4 aromatic rings. The zero-order valence-corrected chi connectivity index (χ0v) is 19.3. The SMILES string of the molecule is Cc1cccc(-c2ccccc2OCCN2CCn3c(ccc(-n4cnc(C)c4)c3=O)C2=O)c1. The number of imidazole rings is 1. The number of carbonyl (C=O) groups is 1. The predicted molar refractivity (Wildman–Crippen MR) is 131 cm³/mol. The maximum atomic E-state index is 13.1. The fourth-order valence-electron chi connectivity index (χ4n) is 4.33. The van der Waals surface area contributed by atoms with Crippen molar-refractivity contribution in [1.29, 1.82) is 0 Å². The molecule has 0 unspecified atom stereocenters. The lowest BCUT2D eigenvalue weighted by Crippen LogP contribution is -2.46. The number of ether oxygens (including phenoxy) is 1. The van der Waals surface area contributed by atoms with E-state index in [0.717, 1.165) is 22.6 Å². The van der Waals surface area contributed by atoms with Gasteiger partial charge < -0.3 is 18.8 Å². The zero-order valence-electron chi connectivity index (χ0n) is 19.3. The number of benzene rings is 2. The molecule has 0 saturated heterocycles. The van der Waals surface area contributed by atoms with Gasteiger partial charge >= 0.3 is 0 Å². The second kappa shape index (κ2) is 9.02. The van der Waals surface area contributed by atoms with Gasteiger partial charge in [0.15, 0.2) is 0 Å². The van der Waals surface area contributed by atoms with E-state index in [0.29, 0.717) is 37.6 Å². The van der Waals surface area contributed by atoms with Crippen molar-refractivity contribution in [3.8, 4) is 22.6 Å². The number of amides is 1. The van der Waals surface area contributed by atoms with E-state index in [1.165, 1.54) is 5.56 Å². The van der Waals surface area contributed by atoms with Crippen molar-refractivity contribution < 1.29 is 9.53 Å². The van der Waals surface area contributed by atoms with Crippen molar-refractivity contribution in [1.82, 2.24) is 19.0 Å². The van der Waals surface area contributed by atoms with E-state index in [-0.39, 0.29) is 11.5 Å². The number of rotatable bonds is 6. The highest BCUT2D eigenvalue weighted by Crippen LogP contribution is 2.30. The summed E-state index contributed by atoms with van der Waals surface area (Å²) in [5.74, 6) is 0.627. The monoisotopic (exact) mass is 454 g/mol. The van der Waals surface area contributed by atoms with Crippen LogP contribution in [0.5, 0.6) is 5.75 Å². The van der Waals surface area contributed by atoms with Crippen LogP contribution in [0.2, 0.25) is 0 Å². The first-order valence-electron chi connectivity index (χ1n) is 11.3. The molecule has 0 saturated carbocycles. The summed E-state index contributed by atoms with van der Waals surface area (Å²) in [5, 5.41) is 0. The summed E-state index contributed by atoms with van der Waals surface area (Å²) in [4.78, 5) is 32.0. The van der Waals surface area contributed by atoms with Crippen LogP contribution in [0.25, 0.3) is 16.8 Å². The molecule has 5 rings (SSSR count). The molecule has 0 fully saturated rings. The standard InChI is InChI=1S/C27H26N4O3/c1-19-6-5-7-21(16-19)22-8-3-4-9-25(22)34-15-14-29-12-13-31-24(26(29)32)11-10-23(27(31)33)30-17-20(2)28-18-30/h3-11,16-18H,12-15H2,1-2H3. The van der Waals surface area contributed by atoms with Crippen LogP contribution in [-0.2, 0) is 6.54 Å². The fraction of sp³-hybridized carbons (Fsp3) is 0.222. The molecule has 2 aromatic heterocycles. The van der Waals surface area contributed by atoms with Gasteiger partial charge in [0.2, 0.25) is 0 Å². The Kier molecular flexibility index (Phi) is 5.76. The topological polar surface area (TPSA) is 69.4 Å². The van der Waals surface area contributed by atoms with E-state index in [1.807, 2.05) is 37.3 Å². The number of pyridine rings is 1. The minimum atomic E-state index is -0.189. The van der Waals surface area contributed by atoms with Crippen LogP contribution in [0.3, 0.4) is 0 Å². The predicted octanol–water partition coefficient (Wildman–Crippen LogP) is 3.85. The van der Waals surface area contributed by atoms with E-state index in [9.17, 15) is 9.59 Å². The lowest BCUT2D eigenvalue weighted by molar-refractivity contribution is 0.0673. The molecule has 7 nitrogen and oxygen atoms in total. The van der Waals surface area contributed by atoms with Gasteiger partial charge in [-0.05, 0) is 37.6 Å². The summed E-state index contributed by atoms with van der Waals surface area (Å²) in [6.45, 7) is 5.65. The largest absolute Gasteiger partial charge is 0.491 e. The van der Waals surface area contributed by atoms with Crippen LogP contribution >= 0.6 is 0 Å². The van der Waals surface area contributed by atoms with Gasteiger partial charge in [0.25, 0.3) is 11.5 Å². The first-order valence-corrected chi connectivity index (χ1v) is 11.3. The second-order valence-corrected chi connectivity index (χ2v) is 8.49. The average Bonchev–Trinajstić information content (AvgIpc) is 3.27. The molecular formula is C27H26N4O3. The smallest absolute Gasteiger partial charge is 0.275 e. The van der Waals surface area contributed by atoms with Crippen molar-refractivity contribution >= 4 is 5.91 Å². The van der Waals surface area contributed by atoms with E-state index >= 15 is 0 Å². The number of para-hydroxylation sites is 1. The maximum Gasteiger partial charge on any atom is 0.275 e. The average molecular weight is 455 g/mol. The minimum Gasteiger partial charge on any atom is -0.491 e. The molecule has 1 aliphatic heterocycles. The first kappa shape index (κ1) is 21.7. The van der Waals surface area contributed by atoms with Crippen LogP contribution in [-0.4, -0.2) is 44.6 Å². The molecule has 34 heavy (non-hydrogen) atoms. The Bertz CT molecular complexity index is 1420. The quantitative estimate of drug-likeness (QED) is 0.444. The summed E-state index contributed by atoms with van der Waals surface area (Å²) in [6, 6.07) is 19.6. The number of nitrogens with zero attached hydrogens (tertiary/aromatic N) is 4. The molecule has 1 aliphatic rings. The molecule has 2 aromatic carbocycles. The highest BCUT2D eigenvalue weighted by molar-refractivity contribution is 5.93. The van der Waals surface area contributed by atoms with Crippen molar-refractivity contribution in [2.45, 2.75) is 20.4 Å². The molecular weight excluding hydrogens is 428 g/mol. The van der Waals surface area contributed by atoms with Crippen LogP contribution in [0.1, 0.15) is 21.7 Å². The fourth-order valence-corrected chi connectivity index (χ4v) is 4.33. The Labute approximate surface area is 197 Å². The molecule has 0 atom stereocenters. The van der Waals surface area contributed by atoms with Crippen molar-refractivity contribution in [2.75, 3.05) is 19.7 Å². The van der Waals surface area contributed by atoms with Crippen LogP contribution in [0, 0.1) is 13.8 Å². The van der Waals surface area contributed by atoms with Gasteiger partial charge in [0.05, 0.1) is 18.6 Å². The number of hydrogen-bond donors (Lipinski definition) is 0. The highest BCUT2D eigenvalue weighted by Gasteiger charge is 2.26. The summed E-state index contributed by atoms with van der Waals surface area (Å²) >= 11 is 0. The van der Waals surface area contributed by atoms with E-state index in [1.54, 1.807) is 38.7 Å². The van der Waals surface area contributed by atoms with Crippen molar-refractivity contribution in [2.24, 2.45) is 0 Å². The first-order chi connectivity index (χ1) is 16.5. The van der Waals surface area contributed by atoms with Gasteiger partial charge in [-0.25, -0.2) is 4.98 Å². The maximum absolute atomic E-state index is 13.1. The Morgan fingerprint density at radius 1 is 0.971 bits per heavy atom. The number of aryl methyl sites for hydroxylation is 2. The summed E-state index contributed by atoms with van der Waals surface area (Å²) in [6.07, 6.45) is 3.41. The second-order valence-electron chi connectivity index (χ2n) is 8.49. The summed E-state index contributed by atoms with van der Waals surface area (Å²) in [5.41, 5.74) is 4.84. The molecule has 3 heterocycles. The van der Waals surface area contributed by atoms with Gasteiger partial charge in [-0.15, -0.1) is 0 Å². The number of aromatic nitrogens is 3. The number of carbonyl (C=O) groups excluding carboxylic acids is 1. The summed E-state index contributed by atoms with van der Waals surface area (Å²) in [7, 11) is 0. The van der Waals surface area contributed by atoms with Crippen molar-refractivity contribution in [3.05, 3.63) is 100 Å².